The van der Waals surface area contributed by atoms with Gasteiger partial charge in [-0.25, -0.2) is 4.79 Å². The summed E-state index contributed by atoms with van der Waals surface area (Å²) in [7, 11) is 0. The van der Waals surface area contributed by atoms with Crippen molar-refractivity contribution < 1.29 is 19.1 Å². The van der Waals surface area contributed by atoms with Crippen LogP contribution in [0.2, 0.25) is 0 Å². The maximum atomic E-state index is 12.2. The van der Waals surface area contributed by atoms with Gasteiger partial charge in [0.05, 0.1) is 17.9 Å². The molecule has 0 aliphatic heterocycles. The minimum Gasteiger partial charge on any atom is -0.618 e. The molecule has 1 amide bonds. The molecule has 0 aliphatic rings. The molecule has 1 N–H and O–H groups in total. The van der Waals surface area contributed by atoms with Crippen LogP contribution in [-0.2, 0) is 16.0 Å². The molecule has 0 aromatic carbocycles. The highest BCUT2D eigenvalue weighted by Gasteiger charge is 2.23. The zero-order valence-electron chi connectivity index (χ0n) is 14.3. The van der Waals surface area contributed by atoms with E-state index in [4.69, 9.17) is 4.74 Å². The Morgan fingerprint density at radius 3 is 2.76 bits per heavy atom. The molecule has 0 saturated carbocycles. The number of carbonyl (C=O) groups excluding carboxylic acids is 2. The summed E-state index contributed by atoms with van der Waals surface area (Å²) in [5.74, 6) is -0.630. The summed E-state index contributed by atoms with van der Waals surface area (Å²) in [6.45, 7) is 5.87. The Labute approximate surface area is 154 Å². The van der Waals surface area contributed by atoms with Crippen molar-refractivity contribution in [1.82, 2.24) is 0 Å². The van der Waals surface area contributed by atoms with E-state index in [0.717, 1.165) is 28.6 Å². The lowest BCUT2D eigenvalue weighted by Crippen LogP contribution is -2.28. The van der Waals surface area contributed by atoms with Crippen molar-refractivity contribution >= 4 is 40.0 Å². The van der Waals surface area contributed by atoms with Gasteiger partial charge < -0.3 is 15.3 Å². The van der Waals surface area contributed by atoms with Crippen LogP contribution in [0, 0.1) is 12.1 Å². The highest BCUT2D eigenvalue weighted by molar-refractivity contribution is 7.99. The molecule has 0 radical (unpaired) electrons. The molecule has 25 heavy (non-hydrogen) atoms. The van der Waals surface area contributed by atoms with Crippen LogP contribution >= 0.6 is 23.1 Å². The van der Waals surface area contributed by atoms with Crippen LogP contribution < -0.4 is 10.0 Å². The predicted molar refractivity (Wildman–Crippen MR) is 99.1 cm³/mol. The van der Waals surface area contributed by atoms with Crippen LogP contribution in [0.1, 0.15) is 34.6 Å². The van der Waals surface area contributed by atoms with Gasteiger partial charge in [0.1, 0.15) is 5.00 Å². The monoisotopic (exact) mass is 380 g/mol. The molecule has 2 heterocycles. The number of thioether (sulfide) groups is 1. The molecule has 0 atom stereocenters. The van der Waals surface area contributed by atoms with E-state index in [2.05, 4.69) is 5.32 Å². The van der Waals surface area contributed by atoms with Crippen LogP contribution in [0.3, 0.4) is 0 Å². The number of ether oxygens (including phenoxy) is 1. The van der Waals surface area contributed by atoms with Crippen LogP contribution in [0.4, 0.5) is 5.00 Å². The smallest absolute Gasteiger partial charge is 0.341 e. The molecule has 0 aliphatic carbocycles. The van der Waals surface area contributed by atoms with E-state index in [0.29, 0.717) is 20.3 Å². The van der Waals surface area contributed by atoms with Gasteiger partial charge >= 0.3 is 5.97 Å². The number of hydrogen-bond donors (Lipinski definition) is 1. The van der Waals surface area contributed by atoms with Gasteiger partial charge in [-0.1, -0.05) is 6.92 Å². The first-order valence-electron chi connectivity index (χ1n) is 7.88. The minimum absolute atomic E-state index is 0.0763. The highest BCUT2D eigenvalue weighted by Crippen LogP contribution is 2.34. The average Bonchev–Trinajstić information content (AvgIpc) is 2.89. The number of hydrogen-bond acceptors (Lipinski definition) is 6. The fraction of sp³-hybridized carbons (Fsp3) is 0.353. The van der Waals surface area contributed by atoms with Crippen LogP contribution in [0.5, 0.6) is 0 Å². The summed E-state index contributed by atoms with van der Waals surface area (Å²) in [5, 5.41) is 15.3. The van der Waals surface area contributed by atoms with Crippen molar-refractivity contribution in [3.63, 3.8) is 0 Å². The van der Waals surface area contributed by atoms with Gasteiger partial charge in [-0.05, 0) is 43.7 Å². The maximum Gasteiger partial charge on any atom is 0.341 e. The number of rotatable bonds is 7. The number of nitrogens with one attached hydrogen (secondary N) is 1. The number of esters is 1. The topological polar surface area (TPSA) is 82.3 Å². The van der Waals surface area contributed by atoms with Crippen molar-refractivity contribution in [2.24, 2.45) is 0 Å². The van der Waals surface area contributed by atoms with Gasteiger partial charge in [-0.15, -0.1) is 11.3 Å². The lowest BCUT2D eigenvalue weighted by Gasteiger charge is -2.07. The van der Waals surface area contributed by atoms with E-state index in [-0.39, 0.29) is 18.3 Å². The Morgan fingerprint density at radius 2 is 2.12 bits per heavy atom. The van der Waals surface area contributed by atoms with Gasteiger partial charge in [0.2, 0.25) is 5.91 Å². The SMILES string of the molecule is CCOC(=O)c1c(NC(=O)CSc2cccc[n+]2[O-])sc(CC)c1C. The van der Waals surface area contributed by atoms with Crippen molar-refractivity contribution in [1.29, 1.82) is 0 Å². The second-order valence-electron chi connectivity index (χ2n) is 5.13. The number of aromatic nitrogens is 1. The lowest BCUT2D eigenvalue weighted by atomic mass is 10.1. The Morgan fingerprint density at radius 1 is 1.36 bits per heavy atom. The zero-order valence-corrected chi connectivity index (χ0v) is 16.0. The van der Waals surface area contributed by atoms with Crippen molar-refractivity contribution in [2.45, 2.75) is 32.2 Å². The third-order valence-corrected chi connectivity index (χ3v) is 5.81. The van der Waals surface area contributed by atoms with E-state index in [9.17, 15) is 14.8 Å². The molecule has 134 valence electrons. The van der Waals surface area contributed by atoms with E-state index in [1.54, 1.807) is 25.1 Å². The third kappa shape index (κ3) is 4.73. The zero-order chi connectivity index (χ0) is 18.4. The van der Waals surface area contributed by atoms with Gasteiger partial charge in [0.15, 0.2) is 6.20 Å². The van der Waals surface area contributed by atoms with Gasteiger partial charge in [-0.3, -0.25) is 4.79 Å². The fourth-order valence-electron chi connectivity index (χ4n) is 2.26. The molecule has 8 heteroatoms. The first-order chi connectivity index (χ1) is 12.0. The molecule has 0 spiro atoms. The van der Waals surface area contributed by atoms with E-state index >= 15 is 0 Å². The Balaban J connectivity index is 2.12. The second kappa shape index (κ2) is 8.87. The van der Waals surface area contributed by atoms with E-state index < -0.39 is 5.97 Å². The molecular formula is C17H20N2O4S2. The summed E-state index contributed by atoms with van der Waals surface area (Å²) in [6, 6.07) is 5.02. The Hall–Kier alpha value is -2.06. The van der Waals surface area contributed by atoms with Crippen molar-refractivity contribution in [2.75, 3.05) is 17.7 Å². The number of carbonyl (C=O) groups is 2. The normalized spacial score (nSPS) is 10.5. The van der Waals surface area contributed by atoms with Crippen molar-refractivity contribution in [3.05, 3.63) is 45.6 Å². The standard InChI is InChI=1S/C17H20N2O4S2/c1-4-12-11(3)15(17(21)23-5-2)16(25-12)18-13(20)10-24-14-8-6-7-9-19(14)22/h6-9H,4-5,10H2,1-3H3,(H,18,20). The van der Waals surface area contributed by atoms with E-state index in [1.807, 2.05) is 13.8 Å². The Kier molecular flexibility index (Phi) is 6.83. The van der Waals surface area contributed by atoms with Gasteiger partial charge in [0, 0.05) is 17.0 Å². The quantitative estimate of drug-likeness (QED) is 0.345. The van der Waals surface area contributed by atoms with Crippen LogP contribution in [0.15, 0.2) is 29.4 Å². The van der Waals surface area contributed by atoms with Crippen LogP contribution in [0.25, 0.3) is 0 Å². The molecule has 2 aromatic rings. The van der Waals surface area contributed by atoms with Gasteiger partial charge in [0.25, 0.3) is 5.03 Å². The number of pyridine rings is 1. The molecule has 0 fully saturated rings. The fourth-order valence-corrected chi connectivity index (χ4v) is 4.12. The van der Waals surface area contributed by atoms with Crippen molar-refractivity contribution in [3.8, 4) is 0 Å². The highest BCUT2D eigenvalue weighted by atomic mass is 32.2. The lowest BCUT2D eigenvalue weighted by molar-refractivity contribution is -0.645. The Bertz CT molecular complexity index is 774. The summed E-state index contributed by atoms with van der Waals surface area (Å²) in [4.78, 5) is 25.5. The molecule has 0 unspecified atom stereocenters. The third-order valence-electron chi connectivity index (χ3n) is 3.44. The second-order valence-corrected chi connectivity index (χ2v) is 7.23. The number of aryl methyl sites for hydroxylation is 1. The number of nitrogens with zero attached hydrogens (tertiary/aromatic N) is 1. The summed E-state index contributed by atoms with van der Waals surface area (Å²) in [6.07, 6.45) is 2.16. The van der Waals surface area contributed by atoms with Gasteiger partial charge in [-0.2, -0.15) is 4.73 Å². The number of amides is 1. The molecular weight excluding hydrogens is 360 g/mol. The van der Waals surface area contributed by atoms with Crippen LogP contribution in [-0.4, -0.2) is 24.2 Å². The first-order valence-corrected chi connectivity index (χ1v) is 9.68. The molecule has 0 bridgehead atoms. The number of thiophene rings is 1. The molecule has 6 nitrogen and oxygen atoms in total. The minimum atomic E-state index is -0.431. The molecule has 0 saturated heterocycles. The largest absolute Gasteiger partial charge is 0.618 e. The molecule has 2 rings (SSSR count). The average molecular weight is 380 g/mol. The summed E-state index contributed by atoms with van der Waals surface area (Å²) < 4.78 is 5.82. The number of anilines is 1. The maximum absolute atomic E-state index is 12.2. The predicted octanol–water partition coefficient (Wildman–Crippen LogP) is 3.16. The molecule has 2 aromatic heterocycles. The summed E-state index contributed by atoms with van der Waals surface area (Å²) in [5.41, 5.74) is 1.26. The van der Waals surface area contributed by atoms with E-state index in [1.165, 1.54) is 17.5 Å². The summed E-state index contributed by atoms with van der Waals surface area (Å²) >= 11 is 2.53. The first kappa shape index (κ1) is 19.3.